The molecule has 3 aromatic rings. The minimum atomic E-state index is -3.93. The second-order valence-electron chi connectivity index (χ2n) is 6.85. The van der Waals surface area contributed by atoms with Crippen LogP contribution in [0.1, 0.15) is 15.9 Å². The number of aromatic carboxylic acids is 1. The van der Waals surface area contributed by atoms with Crippen LogP contribution in [-0.4, -0.2) is 40.3 Å². The van der Waals surface area contributed by atoms with Crippen LogP contribution in [0.3, 0.4) is 0 Å². The molecular weight excluding hydrogens is 432 g/mol. The zero-order valence-electron chi connectivity index (χ0n) is 17.7. The molecule has 0 unspecified atom stereocenters. The number of ether oxygens (including phenoxy) is 2. The van der Waals surface area contributed by atoms with Crippen molar-refractivity contribution in [3.63, 3.8) is 0 Å². The van der Waals surface area contributed by atoms with E-state index in [1.807, 2.05) is 12.1 Å². The summed E-state index contributed by atoms with van der Waals surface area (Å²) >= 11 is 0. The van der Waals surface area contributed by atoms with E-state index >= 15 is 0 Å². The number of carboxylic acid groups (broad SMARTS) is 1. The van der Waals surface area contributed by atoms with E-state index in [-0.39, 0.29) is 10.5 Å². The molecule has 0 aliphatic rings. The summed E-state index contributed by atoms with van der Waals surface area (Å²) in [6.45, 7) is 0.435. The molecule has 0 spiro atoms. The molecule has 0 aliphatic heterocycles. The Morgan fingerprint density at radius 1 is 0.938 bits per heavy atom. The lowest BCUT2D eigenvalue weighted by molar-refractivity contribution is 0.0697. The van der Waals surface area contributed by atoms with Gasteiger partial charge in [-0.1, -0.05) is 24.3 Å². The third kappa shape index (κ3) is 5.50. The van der Waals surface area contributed by atoms with Gasteiger partial charge in [0.2, 0.25) is 0 Å². The molecule has 0 amide bonds. The van der Waals surface area contributed by atoms with E-state index in [9.17, 15) is 18.3 Å². The lowest BCUT2D eigenvalue weighted by Gasteiger charge is -2.13. The summed E-state index contributed by atoms with van der Waals surface area (Å²) in [5.41, 5.74) is 1.56. The van der Waals surface area contributed by atoms with Gasteiger partial charge in [0.05, 0.1) is 24.7 Å². The quantitative estimate of drug-likeness (QED) is 0.424. The van der Waals surface area contributed by atoms with E-state index in [0.29, 0.717) is 35.8 Å². The van der Waals surface area contributed by atoms with E-state index in [0.717, 1.165) is 11.6 Å². The minimum absolute atomic E-state index is 0.131. The number of methoxy groups -OCH3 is 2. The smallest absolute Gasteiger partial charge is 0.337 e. The first-order chi connectivity index (χ1) is 15.3. The van der Waals surface area contributed by atoms with E-state index in [4.69, 9.17) is 9.47 Å². The number of benzene rings is 3. The van der Waals surface area contributed by atoms with Crippen molar-refractivity contribution in [3.8, 4) is 11.5 Å². The van der Waals surface area contributed by atoms with Gasteiger partial charge in [0.25, 0.3) is 10.0 Å². The van der Waals surface area contributed by atoms with Crippen LogP contribution in [-0.2, 0) is 16.4 Å². The molecule has 0 aliphatic carbocycles. The Hall–Kier alpha value is -3.72. The third-order valence-electron chi connectivity index (χ3n) is 4.73. The Balaban J connectivity index is 1.74. The summed E-state index contributed by atoms with van der Waals surface area (Å²) in [4.78, 5) is 11.6. The Labute approximate surface area is 186 Å². The molecule has 3 N–H and O–H groups in total. The Morgan fingerprint density at radius 3 is 2.31 bits per heavy atom. The fourth-order valence-electron chi connectivity index (χ4n) is 3.12. The molecule has 0 bridgehead atoms. The fraction of sp³-hybridized carbons (Fsp3) is 0.174. The summed E-state index contributed by atoms with van der Waals surface area (Å²) in [7, 11) is -0.813. The second-order valence-corrected chi connectivity index (χ2v) is 8.53. The molecule has 0 atom stereocenters. The molecule has 3 aromatic carbocycles. The standard InChI is InChI=1S/C23H24N2O6S/c1-30-21-11-8-16(14-22(21)31-2)12-13-24-20-10-9-18(15-19(20)23(26)27)32(28,29)25-17-6-4-3-5-7-17/h3-11,14-15,24-25H,12-13H2,1-2H3,(H,26,27). The van der Waals surface area contributed by atoms with Gasteiger partial charge in [-0.3, -0.25) is 4.72 Å². The molecule has 168 valence electrons. The van der Waals surface area contributed by atoms with Crippen molar-refractivity contribution >= 4 is 27.4 Å². The average Bonchev–Trinajstić information content (AvgIpc) is 2.79. The average molecular weight is 457 g/mol. The summed E-state index contributed by atoms with van der Waals surface area (Å²) < 4.78 is 38.3. The van der Waals surface area contributed by atoms with Crippen LogP contribution in [0.4, 0.5) is 11.4 Å². The van der Waals surface area contributed by atoms with Crippen LogP contribution in [0.15, 0.2) is 71.6 Å². The summed E-state index contributed by atoms with van der Waals surface area (Å²) in [5.74, 6) is 0.00496. The lowest BCUT2D eigenvalue weighted by atomic mass is 10.1. The molecule has 0 radical (unpaired) electrons. The van der Waals surface area contributed by atoms with Gasteiger partial charge in [0, 0.05) is 17.9 Å². The normalized spacial score (nSPS) is 10.9. The van der Waals surface area contributed by atoms with Crippen LogP contribution in [0, 0.1) is 0 Å². The van der Waals surface area contributed by atoms with Crippen molar-refractivity contribution in [1.82, 2.24) is 0 Å². The molecule has 0 saturated heterocycles. The molecule has 9 heteroatoms. The van der Waals surface area contributed by atoms with Gasteiger partial charge in [0.15, 0.2) is 11.5 Å². The SMILES string of the molecule is COc1ccc(CCNc2ccc(S(=O)(=O)Nc3ccccc3)cc2C(=O)O)cc1OC. The molecule has 3 rings (SSSR count). The van der Waals surface area contributed by atoms with Crippen LogP contribution < -0.4 is 19.5 Å². The van der Waals surface area contributed by atoms with Gasteiger partial charge in [0.1, 0.15) is 0 Å². The molecule has 0 heterocycles. The summed E-state index contributed by atoms with van der Waals surface area (Å²) in [5, 5.41) is 12.7. The number of para-hydroxylation sites is 1. The molecule has 32 heavy (non-hydrogen) atoms. The molecule has 0 fully saturated rings. The van der Waals surface area contributed by atoms with Crippen molar-refractivity contribution in [2.75, 3.05) is 30.8 Å². The van der Waals surface area contributed by atoms with Crippen LogP contribution in [0.5, 0.6) is 11.5 Å². The number of hydrogen-bond acceptors (Lipinski definition) is 6. The first-order valence-electron chi connectivity index (χ1n) is 9.74. The minimum Gasteiger partial charge on any atom is -0.493 e. The first-order valence-corrected chi connectivity index (χ1v) is 11.2. The Kier molecular flexibility index (Phi) is 7.21. The highest BCUT2D eigenvalue weighted by Crippen LogP contribution is 2.28. The van der Waals surface area contributed by atoms with Gasteiger partial charge in [-0.25, -0.2) is 13.2 Å². The van der Waals surface area contributed by atoms with E-state index in [1.54, 1.807) is 50.6 Å². The highest BCUT2D eigenvalue weighted by molar-refractivity contribution is 7.92. The summed E-state index contributed by atoms with van der Waals surface area (Å²) in [6, 6.07) is 17.9. The zero-order valence-corrected chi connectivity index (χ0v) is 18.5. The maximum absolute atomic E-state index is 12.7. The predicted octanol–water partition coefficient (Wildman–Crippen LogP) is 3.86. The van der Waals surface area contributed by atoms with E-state index in [1.165, 1.54) is 12.1 Å². The van der Waals surface area contributed by atoms with Crippen molar-refractivity contribution in [1.29, 1.82) is 0 Å². The van der Waals surface area contributed by atoms with E-state index in [2.05, 4.69) is 10.0 Å². The largest absolute Gasteiger partial charge is 0.493 e. The fourth-order valence-corrected chi connectivity index (χ4v) is 4.20. The lowest BCUT2D eigenvalue weighted by Crippen LogP contribution is -2.15. The highest BCUT2D eigenvalue weighted by atomic mass is 32.2. The maximum atomic E-state index is 12.7. The van der Waals surface area contributed by atoms with Crippen molar-refractivity contribution in [2.24, 2.45) is 0 Å². The third-order valence-corrected chi connectivity index (χ3v) is 6.11. The van der Waals surface area contributed by atoms with Gasteiger partial charge in [-0.15, -0.1) is 0 Å². The summed E-state index contributed by atoms with van der Waals surface area (Å²) in [6.07, 6.45) is 0.592. The second kappa shape index (κ2) is 10.1. The highest BCUT2D eigenvalue weighted by Gasteiger charge is 2.19. The van der Waals surface area contributed by atoms with Gasteiger partial charge >= 0.3 is 5.97 Å². The number of hydrogen-bond donors (Lipinski definition) is 3. The zero-order chi connectivity index (χ0) is 23.1. The van der Waals surface area contributed by atoms with Gasteiger partial charge in [-0.05, 0) is 54.4 Å². The van der Waals surface area contributed by atoms with Crippen molar-refractivity contribution in [2.45, 2.75) is 11.3 Å². The number of rotatable bonds is 10. The maximum Gasteiger partial charge on any atom is 0.337 e. The monoisotopic (exact) mass is 456 g/mol. The van der Waals surface area contributed by atoms with Gasteiger partial charge < -0.3 is 19.9 Å². The molecule has 0 saturated carbocycles. The number of carboxylic acids is 1. The predicted molar refractivity (Wildman–Crippen MR) is 122 cm³/mol. The Bertz CT molecular complexity index is 1200. The molecular formula is C23H24N2O6S. The van der Waals surface area contributed by atoms with Crippen LogP contribution in [0.2, 0.25) is 0 Å². The first kappa shape index (κ1) is 23.0. The van der Waals surface area contributed by atoms with Gasteiger partial charge in [-0.2, -0.15) is 0 Å². The number of carbonyl (C=O) groups is 1. The van der Waals surface area contributed by atoms with Crippen LogP contribution in [0.25, 0.3) is 0 Å². The topological polar surface area (TPSA) is 114 Å². The Morgan fingerprint density at radius 2 is 1.66 bits per heavy atom. The van der Waals surface area contributed by atoms with Crippen LogP contribution >= 0.6 is 0 Å². The number of sulfonamides is 1. The molecule has 8 nitrogen and oxygen atoms in total. The van der Waals surface area contributed by atoms with Crippen molar-refractivity contribution < 1.29 is 27.8 Å². The van der Waals surface area contributed by atoms with Crippen molar-refractivity contribution in [3.05, 3.63) is 77.9 Å². The molecule has 0 aromatic heterocycles. The van der Waals surface area contributed by atoms with E-state index < -0.39 is 16.0 Å². The number of nitrogens with one attached hydrogen (secondary N) is 2. The number of anilines is 2.